The molecule has 3 aromatic rings. The molecule has 0 saturated heterocycles. The Bertz CT molecular complexity index is 954. The molecule has 3 rings (SSSR count). The van der Waals surface area contributed by atoms with Gasteiger partial charge in [-0.3, -0.25) is 9.59 Å². The second kappa shape index (κ2) is 8.51. The fourth-order valence-electron chi connectivity index (χ4n) is 2.39. The van der Waals surface area contributed by atoms with Crippen LogP contribution in [0.2, 0.25) is 0 Å². The molecule has 2 N–H and O–H groups in total. The Morgan fingerprint density at radius 2 is 1.44 bits per heavy atom. The van der Waals surface area contributed by atoms with E-state index in [9.17, 15) is 9.59 Å². The molecule has 3 aromatic carbocycles. The van der Waals surface area contributed by atoms with Gasteiger partial charge in [0.15, 0.2) is 0 Å². The van der Waals surface area contributed by atoms with Gasteiger partial charge in [-0.1, -0.05) is 22.0 Å². The molecule has 2 amide bonds. The van der Waals surface area contributed by atoms with Crippen LogP contribution in [0.5, 0.6) is 11.5 Å². The van der Waals surface area contributed by atoms with E-state index in [-0.39, 0.29) is 11.8 Å². The molecule has 0 aromatic heterocycles. The zero-order valence-corrected chi connectivity index (χ0v) is 16.1. The fraction of sp³-hybridized carbons (Fsp3) is 0.0476. The van der Waals surface area contributed by atoms with Crippen LogP contribution in [-0.2, 0) is 4.79 Å². The number of hydrogen-bond donors (Lipinski definition) is 2. The number of amides is 2. The van der Waals surface area contributed by atoms with Gasteiger partial charge in [-0.2, -0.15) is 0 Å². The Morgan fingerprint density at radius 1 is 0.815 bits per heavy atom. The first-order valence-corrected chi connectivity index (χ1v) is 9.01. The Hall–Kier alpha value is -3.12. The predicted octanol–water partition coefficient (Wildman–Crippen LogP) is 5.45. The van der Waals surface area contributed by atoms with Crippen LogP contribution >= 0.6 is 15.9 Å². The van der Waals surface area contributed by atoms with Gasteiger partial charge in [-0.15, -0.1) is 0 Å². The summed E-state index contributed by atoms with van der Waals surface area (Å²) in [5, 5.41) is 5.48. The van der Waals surface area contributed by atoms with Gasteiger partial charge in [0.2, 0.25) is 5.91 Å². The SMILES string of the molecule is CC(=O)Nc1cccc(C(=O)Nc2ccc(Oc3ccc(Br)cc3)cc2)c1. The molecule has 0 aliphatic heterocycles. The minimum Gasteiger partial charge on any atom is -0.457 e. The van der Waals surface area contributed by atoms with Crippen molar-refractivity contribution >= 4 is 39.1 Å². The number of benzene rings is 3. The van der Waals surface area contributed by atoms with E-state index in [1.807, 2.05) is 24.3 Å². The molecular weight excluding hydrogens is 408 g/mol. The summed E-state index contributed by atoms with van der Waals surface area (Å²) < 4.78 is 6.74. The highest BCUT2D eigenvalue weighted by Gasteiger charge is 2.08. The minimum absolute atomic E-state index is 0.186. The number of rotatable bonds is 5. The lowest BCUT2D eigenvalue weighted by atomic mass is 10.2. The topological polar surface area (TPSA) is 67.4 Å². The first-order chi connectivity index (χ1) is 13.0. The van der Waals surface area contributed by atoms with Gasteiger partial charge < -0.3 is 15.4 Å². The third kappa shape index (κ3) is 5.43. The molecule has 0 unspecified atom stereocenters. The Labute approximate surface area is 165 Å². The van der Waals surface area contributed by atoms with Crippen LogP contribution in [0.1, 0.15) is 17.3 Å². The van der Waals surface area contributed by atoms with Crippen LogP contribution in [-0.4, -0.2) is 11.8 Å². The monoisotopic (exact) mass is 424 g/mol. The summed E-state index contributed by atoms with van der Waals surface area (Å²) in [4.78, 5) is 23.5. The third-order valence-electron chi connectivity index (χ3n) is 3.61. The summed E-state index contributed by atoms with van der Waals surface area (Å²) in [5.41, 5.74) is 1.68. The number of ether oxygens (including phenoxy) is 1. The molecule has 5 nitrogen and oxygen atoms in total. The van der Waals surface area contributed by atoms with Crippen LogP contribution in [0, 0.1) is 0 Å². The first-order valence-electron chi connectivity index (χ1n) is 8.22. The van der Waals surface area contributed by atoms with Crippen molar-refractivity contribution in [2.45, 2.75) is 6.92 Å². The zero-order valence-electron chi connectivity index (χ0n) is 14.5. The van der Waals surface area contributed by atoms with E-state index < -0.39 is 0 Å². The molecule has 0 spiro atoms. The maximum atomic E-state index is 12.4. The van der Waals surface area contributed by atoms with Crippen molar-refractivity contribution in [3.05, 3.63) is 82.8 Å². The van der Waals surface area contributed by atoms with Gasteiger partial charge >= 0.3 is 0 Å². The average molecular weight is 425 g/mol. The predicted molar refractivity (Wildman–Crippen MR) is 109 cm³/mol. The van der Waals surface area contributed by atoms with Gasteiger partial charge in [0, 0.05) is 28.3 Å². The second-order valence-electron chi connectivity index (χ2n) is 5.80. The van der Waals surface area contributed by atoms with Crippen molar-refractivity contribution in [2.75, 3.05) is 10.6 Å². The smallest absolute Gasteiger partial charge is 0.255 e. The number of carbonyl (C=O) groups is 2. The fourth-order valence-corrected chi connectivity index (χ4v) is 2.65. The van der Waals surface area contributed by atoms with E-state index in [0.29, 0.717) is 22.7 Å². The van der Waals surface area contributed by atoms with Crippen LogP contribution in [0.15, 0.2) is 77.3 Å². The van der Waals surface area contributed by atoms with Crippen molar-refractivity contribution in [3.8, 4) is 11.5 Å². The van der Waals surface area contributed by atoms with E-state index in [1.165, 1.54) is 6.92 Å². The van der Waals surface area contributed by atoms with Gasteiger partial charge in [-0.05, 0) is 66.7 Å². The van der Waals surface area contributed by atoms with Gasteiger partial charge in [0.25, 0.3) is 5.91 Å². The lowest BCUT2D eigenvalue weighted by Crippen LogP contribution is -2.13. The summed E-state index contributed by atoms with van der Waals surface area (Å²) in [6.45, 7) is 1.42. The molecule has 0 fully saturated rings. The second-order valence-corrected chi connectivity index (χ2v) is 6.71. The van der Waals surface area contributed by atoms with Gasteiger partial charge in [-0.25, -0.2) is 0 Å². The number of anilines is 2. The number of carbonyl (C=O) groups excluding carboxylic acids is 2. The van der Waals surface area contributed by atoms with Crippen LogP contribution in [0.3, 0.4) is 0 Å². The third-order valence-corrected chi connectivity index (χ3v) is 4.14. The molecule has 0 bridgehead atoms. The van der Waals surface area contributed by atoms with E-state index in [1.54, 1.807) is 48.5 Å². The highest BCUT2D eigenvalue weighted by atomic mass is 79.9. The highest BCUT2D eigenvalue weighted by molar-refractivity contribution is 9.10. The highest BCUT2D eigenvalue weighted by Crippen LogP contribution is 2.24. The maximum Gasteiger partial charge on any atom is 0.255 e. The van der Waals surface area contributed by atoms with Crippen molar-refractivity contribution in [1.82, 2.24) is 0 Å². The maximum absolute atomic E-state index is 12.4. The van der Waals surface area contributed by atoms with Crippen LogP contribution in [0.4, 0.5) is 11.4 Å². The zero-order chi connectivity index (χ0) is 19.2. The molecule has 0 radical (unpaired) electrons. The number of hydrogen-bond acceptors (Lipinski definition) is 3. The molecule has 0 saturated carbocycles. The van der Waals surface area contributed by atoms with Gasteiger partial charge in [0.1, 0.15) is 11.5 Å². The Balaban J connectivity index is 1.64. The summed E-state index contributed by atoms with van der Waals surface area (Å²) in [6.07, 6.45) is 0. The van der Waals surface area contributed by atoms with E-state index in [0.717, 1.165) is 10.2 Å². The minimum atomic E-state index is -0.260. The summed E-state index contributed by atoms with van der Waals surface area (Å²) in [6, 6.07) is 21.4. The number of halogens is 1. The lowest BCUT2D eigenvalue weighted by Gasteiger charge is -2.09. The Kier molecular flexibility index (Phi) is 5.88. The molecule has 27 heavy (non-hydrogen) atoms. The van der Waals surface area contributed by atoms with Crippen molar-refractivity contribution in [2.24, 2.45) is 0 Å². The van der Waals surface area contributed by atoms with Crippen molar-refractivity contribution in [3.63, 3.8) is 0 Å². The molecular formula is C21H17BrN2O3. The van der Waals surface area contributed by atoms with E-state index in [2.05, 4.69) is 26.6 Å². The number of nitrogens with one attached hydrogen (secondary N) is 2. The van der Waals surface area contributed by atoms with Crippen molar-refractivity contribution < 1.29 is 14.3 Å². The largest absolute Gasteiger partial charge is 0.457 e. The summed E-state index contributed by atoms with van der Waals surface area (Å²) >= 11 is 3.38. The molecule has 6 heteroatoms. The van der Waals surface area contributed by atoms with E-state index >= 15 is 0 Å². The molecule has 0 atom stereocenters. The quantitative estimate of drug-likeness (QED) is 0.571. The normalized spacial score (nSPS) is 10.1. The van der Waals surface area contributed by atoms with Crippen LogP contribution in [0.25, 0.3) is 0 Å². The van der Waals surface area contributed by atoms with E-state index in [4.69, 9.17) is 4.74 Å². The first kappa shape index (κ1) is 18.7. The lowest BCUT2D eigenvalue weighted by molar-refractivity contribution is -0.114. The van der Waals surface area contributed by atoms with Crippen molar-refractivity contribution in [1.29, 1.82) is 0 Å². The molecule has 0 aliphatic rings. The summed E-state index contributed by atoms with van der Waals surface area (Å²) in [7, 11) is 0. The Morgan fingerprint density at radius 3 is 2.07 bits per heavy atom. The molecule has 136 valence electrons. The summed E-state index contributed by atoms with van der Waals surface area (Å²) in [5.74, 6) is 0.949. The molecule has 0 heterocycles. The molecule has 0 aliphatic carbocycles. The standard InChI is InChI=1S/C21H17BrN2O3/c1-14(25)23-18-4-2-3-15(13-18)21(26)24-17-7-11-20(12-8-17)27-19-9-5-16(22)6-10-19/h2-13H,1H3,(H,23,25)(H,24,26). The van der Waals surface area contributed by atoms with Crippen LogP contribution < -0.4 is 15.4 Å². The average Bonchev–Trinajstić information content (AvgIpc) is 2.65. The van der Waals surface area contributed by atoms with Gasteiger partial charge in [0.05, 0.1) is 0 Å².